The molecule has 0 saturated carbocycles. The maximum Gasteiger partial charge on any atom is 0.416 e. The van der Waals surface area contributed by atoms with Gasteiger partial charge in [-0.05, 0) is 49.4 Å². The molecule has 1 fully saturated rings. The van der Waals surface area contributed by atoms with Gasteiger partial charge in [0, 0.05) is 37.4 Å². The van der Waals surface area contributed by atoms with Gasteiger partial charge in [0.2, 0.25) is 10.0 Å². The van der Waals surface area contributed by atoms with Crippen LogP contribution in [-0.2, 0) is 16.2 Å². The minimum Gasteiger partial charge on any atom is -0.322 e. The number of nitrogens with one attached hydrogen (secondary N) is 1. The lowest BCUT2D eigenvalue weighted by atomic mass is 10.1. The number of amides is 1. The van der Waals surface area contributed by atoms with Crippen molar-refractivity contribution in [2.24, 2.45) is 0 Å². The lowest BCUT2D eigenvalue weighted by Gasteiger charge is -2.33. The number of rotatable bonds is 5. The smallest absolute Gasteiger partial charge is 0.322 e. The van der Waals surface area contributed by atoms with E-state index in [0.717, 1.165) is 18.7 Å². The summed E-state index contributed by atoms with van der Waals surface area (Å²) in [4.78, 5) is 14.9. The summed E-state index contributed by atoms with van der Waals surface area (Å²) < 4.78 is 66.2. The Morgan fingerprint density at radius 1 is 1.06 bits per heavy atom. The first-order chi connectivity index (χ1) is 14.5. The van der Waals surface area contributed by atoms with E-state index in [4.69, 9.17) is 0 Å². The molecule has 0 radical (unpaired) electrons. The predicted molar refractivity (Wildman–Crippen MR) is 111 cm³/mol. The molecule has 0 unspecified atom stereocenters. The zero-order valence-electron chi connectivity index (χ0n) is 17.2. The van der Waals surface area contributed by atoms with Crippen molar-refractivity contribution in [1.82, 2.24) is 9.21 Å². The molecule has 2 aromatic rings. The number of halogens is 3. The minimum atomic E-state index is -4.54. The molecule has 0 spiro atoms. The van der Waals surface area contributed by atoms with E-state index < -0.39 is 27.7 Å². The van der Waals surface area contributed by atoms with E-state index in [9.17, 15) is 26.4 Å². The fraction of sp³-hybridized carbons (Fsp3) is 0.381. The van der Waals surface area contributed by atoms with E-state index in [1.165, 1.54) is 34.6 Å². The molecule has 0 aromatic heterocycles. The van der Waals surface area contributed by atoms with Crippen molar-refractivity contribution >= 4 is 21.6 Å². The second kappa shape index (κ2) is 8.97. The molecule has 3 rings (SSSR count). The highest BCUT2D eigenvalue weighted by Crippen LogP contribution is 2.31. The number of piperazine rings is 1. The molecular weight excluding hydrogens is 431 g/mol. The maximum absolute atomic E-state index is 13.0. The third kappa shape index (κ3) is 5.25. The van der Waals surface area contributed by atoms with Gasteiger partial charge in [-0.25, -0.2) is 8.42 Å². The molecule has 168 valence electrons. The van der Waals surface area contributed by atoms with Gasteiger partial charge in [-0.3, -0.25) is 4.79 Å². The van der Waals surface area contributed by atoms with Crippen LogP contribution in [0.3, 0.4) is 0 Å². The van der Waals surface area contributed by atoms with Gasteiger partial charge in [-0.15, -0.1) is 0 Å². The van der Waals surface area contributed by atoms with Gasteiger partial charge in [0.15, 0.2) is 0 Å². The first-order valence-corrected chi connectivity index (χ1v) is 11.3. The molecule has 0 atom stereocenters. The number of hydrogen-bond acceptors (Lipinski definition) is 4. The summed E-state index contributed by atoms with van der Waals surface area (Å²) in [5.74, 6) is -0.676. The first-order valence-electron chi connectivity index (χ1n) is 9.84. The van der Waals surface area contributed by atoms with Gasteiger partial charge in [-0.2, -0.15) is 17.5 Å². The standard InChI is InChI=1S/C21H24F3N3O3S/c1-3-26-9-11-27(12-10-26)31(29,30)18-8-7-15(2)19(14-18)20(28)25-17-6-4-5-16(13-17)21(22,23)24/h4-8,13-14H,3,9-12H2,1-2H3,(H,25,28). The highest BCUT2D eigenvalue weighted by Gasteiger charge is 2.31. The van der Waals surface area contributed by atoms with Crippen molar-refractivity contribution in [1.29, 1.82) is 0 Å². The van der Waals surface area contributed by atoms with E-state index in [2.05, 4.69) is 10.2 Å². The second-order valence-electron chi connectivity index (χ2n) is 7.35. The average Bonchev–Trinajstić information content (AvgIpc) is 2.73. The van der Waals surface area contributed by atoms with Crippen molar-refractivity contribution in [3.63, 3.8) is 0 Å². The minimum absolute atomic E-state index is 0.0164. The molecule has 1 heterocycles. The third-order valence-corrected chi connectivity index (χ3v) is 7.21. The average molecular weight is 456 g/mol. The van der Waals surface area contributed by atoms with Gasteiger partial charge >= 0.3 is 6.18 Å². The molecule has 31 heavy (non-hydrogen) atoms. The Morgan fingerprint density at radius 2 is 1.74 bits per heavy atom. The number of carbonyl (C=O) groups excluding carboxylic acids is 1. The highest BCUT2D eigenvalue weighted by molar-refractivity contribution is 7.89. The van der Waals surface area contributed by atoms with E-state index in [-0.39, 0.29) is 16.1 Å². The Labute approximate surface area is 179 Å². The summed E-state index contributed by atoms with van der Waals surface area (Å²) in [6, 6.07) is 8.53. The van der Waals surface area contributed by atoms with Crippen molar-refractivity contribution in [3.8, 4) is 0 Å². The third-order valence-electron chi connectivity index (χ3n) is 5.32. The highest BCUT2D eigenvalue weighted by atomic mass is 32.2. The Bertz CT molecular complexity index is 1060. The summed E-state index contributed by atoms with van der Waals surface area (Å²) in [7, 11) is -3.79. The van der Waals surface area contributed by atoms with Gasteiger partial charge in [0.1, 0.15) is 0 Å². The molecule has 0 aliphatic carbocycles. The Morgan fingerprint density at radius 3 is 2.35 bits per heavy atom. The van der Waals surface area contributed by atoms with E-state index in [1.807, 2.05) is 6.92 Å². The second-order valence-corrected chi connectivity index (χ2v) is 9.29. The lowest BCUT2D eigenvalue weighted by Crippen LogP contribution is -2.48. The maximum atomic E-state index is 13.0. The van der Waals surface area contributed by atoms with Crippen molar-refractivity contribution in [3.05, 3.63) is 59.2 Å². The van der Waals surface area contributed by atoms with E-state index in [1.54, 1.807) is 6.92 Å². The number of anilines is 1. The molecule has 1 aliphatic heterocycles. The van der Waals surface area contributed by atoms with Crippen LogP contribution in [-0.4, -0.2) is 56.3 Å². The van der Waals surface area contributed by atoms with E-state index >= 15 is 0 Å². The summed E-state index contributed by atoms with van der Waals surface area (Å²) in [6.45, 7) is 6.47. The summed E-state index contributed by atoms with van der Waals surface area (Å²) >= 11 is 0. The van der Waals surface area contributed by atoms with Crippen LogP contribution in [0.1, 0.15) is 28.4 Å². The normalized spacial score (nSPS) is 16.3. The zero-order valence-corrected chi connectivity index (χ0v) is 18.1. The van der Waals surface area contributed by atoms with E-state index in [0.29, 0.717) is 31.7 Å². The number of likely N-dealkylation sites (N-methyl/N-ethyl adjacent to an activating group) is 1. The molecule has 2 aromatic carbocycles. The number of sulfonamides is 1. The van der Waals surface area contributed by atoms with Gasteiger partial charge in [0.25, 0.3) is 5.91 Å². The fourth-order valence-corrected chi connectivity index (χ4v) is 4.86. The summed E-state index contributed by atoms with van der Waals surface area (Å²) in [5.41, 5.74) is -0.308. The Hall–Kier alpha value is -2.43. The lowest BCUT2D eigenvalue weighted by molar-refractivity contribution is -0.137. The molecular formula is C21H24F3N3O3S. The van der Waals surface area contributed by atoms with Crippen LogP contribution in [0.15, 0.2) is 47.4 Å². The fourth-order valence-electron chi connectivity index (χ4n) is 3.41. The molecule has 1 amide bonds. The number of aryl methyl sites for hydroxylation is 1. The van der Waals surface area contributed by atoms with Crippen LogP contribution in [0, 0.1) is 6.92 Å². The largest absolute Gasteiger partial charge is 0.416 e. The predicted octanol–water partition coefficient (Wildman–Crippen LogP) is 3.59. The monoisotopic (exact) mass is 455 g/mol. The van der Waals surface area contributed by atoms with Crippen molar-refractivity contribution in [2.45, 2.75) is 24.9 Å². The number of nitrogens with zero attached hydrogens (tertiary/aromatic N) is 2. The Kier molecular flexibility index (Phi) is 6.73. The molecule has 1 aliphatic rings. The topological polar surface area (TPSA) is 69.7 Å². The van der Waals surface area contributed by atoms with Crippen LogP contribution < -0.4 is 5.32 Å². The summed E-state index contributed by atoms with van der Waals surface area (Å²) in [6.07, 6.45) is -4.54. The van der Waals surface area contributed by atoms with Gasteiger partial charge < -0.3 is 10.2 Å². The molecule has 0 bridgehead atoms. The molecule has 1 saturated heterocycles. The summed E-state index contributed by atoms with van der Waals surface area (Å²) in [5, 5.41) is 2.43. The number of benzene rings is 2. The zero-order chi connectivity index (χ0) is 22.8. The van der Waals surface area contributed by atoms with Crippen LogP contribution >= 0.6 is 0 Å². The number of carbonyl (C=O) groups is 1. The SMILES string of the molecule is CCN1CCN(S(=O)(=O)c2ccc(C)c(C(=O)Nc3cccc(C(F)(F)F)c3)c2)CC1. The van der Waals surface area contributed by atoms with Crippen molar-refractivity contribution in [2.75, 3.05) is 38.0 Å². The Balaban J connectivity index is 1.83. The van der Waals surface area contributed by atoms with Gasteiger partial charge in [0.05, 0.1) is 10.5 Å². The van der Waals surface area contributed by atoms with Crippen LogP contribution in [0.4, 0.5) is 18.9 Å². The molecule has 6 nitrogen and oxygen atoms in total. The quantitative estimate of drug-likeness (QED) is 0.748. The van der Waals surface area contributed by atoms with Crippen LogP contribution in [0.5, 0.6) is 0 Å². The first kappa shape index (κ1) is 23.2. The number of hydrogen-bond donors (Lipinski definition) is 1. The van der Waals surface area contributed by atoms with Gasteiger partial charge in [-0.1, -0.05) is 19.1 Å². The van der Waals surface area contributed by atoms with Crippen molar-refractivity contribution < 1.29 is 26.4 Å². The molecule has 10 heteroatoms. The number of alkyl halides is 3. The van der Waals surface area contributed by atoms with Crippen LogP contribution in [0.2, 0.25) is 0 Å². The molecule has 1 N–H and O–H groups in total. The van der Waals surface area contributed by atoms with Crippen LogP contribution in [0.25, 0.3) is 0 Å².